The van der Waals surface area contributed by atoms with Crippen molar-refractivity contribution in [1.29, 1.82) is 0 Å². The minimum atomic E-state index is -3.35. The smallest absolute Gasteiger partial charge is 0.264 e. The highest BCUT2D eigenvalue weighted by atomic mass is 28.4. The topological polar surface area (TPSA) is 136 Å². The van der Waals surface area contributed by atoms with Crippen LogP contribution in [0, 0.1) is 5.92 Å². The summed E-state index contributed by atoms with van der Waals surface area (Å²) in [6.45, 7) is 5.92. The normalized spacial score (nSPS) is 21.8. The lowest BCUT2D eigenvalue weighted by molar-refractivity contribution is -0.146. The Morgan fingerprint density at radius 2 is 1.71 bits per heavy atom. The molecule has 5 aromatic rings. The van der Waals surface area contributed by atoms with Crippen LogP contribution in [0.15, 0.2) is 109 Å². The van der Waals surface area contributed by atoms with Crippen molar-refractivity contribution in [1.82, 2.24) is 15.0 Å². The number of aliphatic hydroxyl groups is 1. The number of nitrogens with zero attached hydrogens (tertiary/aromatic N) is 4. The summed E-state index contributed by atoms with van der Waals surface area (Å²) in [5.41, 5.74) is 9.61. The molecule has 268 valence electrons. The van der Waals surface area contributed by atoms with Crippen LogP contribution in [0.1, 0.15) is 52.0 Å². The molecule has 1 aromatic heterocycles. The van der Waals surface area contributed by atoms with E-state index in [1.165, 1.54) is 0 Å². The lowest BCUT2D eigenvalue weighted by atomic mass is 9.82. The summed E-state index contributed by atoms with van der Waals surface area (Å²) in [4.78, 5) is 29.2. The molecular weight excluding hydrogens is 676 g/mol. The molecule has 4 N–H and O–H groups in total. The number of carbonyl (C=O) groups excluding carboxylic acids is 2. The van der Waals surface area contributed by atoms with E-state index in [0.717, 1.165) is 22.4 Å². The maximum atomic E-state index is 16.3. The van der Waals surface area contributed by atoms with Gasteiger partial charge in [-0.05, 0) is 73.1 Å². The summed E-state index contributed by atoms with van der Waals surface area (Å²) in [6.07, 6.45) is 1.73. The van der Waals surface area contributed by atoms with Gasteiger partial charge in [0.15, 0.2) is 5.60 Å². The predicted molar refractivity (Wildman–Crippen MR) is 201 cm³/mol. The predicted octanol–water partition coefficient (Wildman–Crippen LogP) is 6.65. The van der Waals surface area contributed by atoms with Gasteiger partial charge in [-0.25, -0.2) is 0 Å². The van der Waals surface area contributed by atoms with Crippen LogP contribution >= 0.6 is 0 Å². The van der Waals surface area contributed by atoms with Crippen molar-refractivity contribution >= 4 is 37.3 Å². The van der Waals surface area contributed by atoms with Crippen molar-refractivity contribution in [3.05, 3.63) is 137 Å². The molecule has 1 unspecified atom stereocenters. The van der Waals surface area contributed by atoms with Gasteiger partial charge >= 0.3 is 0 Å². The van der Waals surface area contributed by atoms with Gasteiger partial charge in [0.25, 0.3) is 11.8 Å². The van der Waals surface area contributed by atoms with Crippen LogP contribution in [0.3, 0.4) is 0 Å². The average Bonchev–Trinajstić information content (AvgIpc) is 3.79. The number of ether oxygens (including phenoxy) is 1. The number of hydrogen-bond acceptors (Lipinski definition) is 7. The minimum absolute atomic E-state index is 0.110. The van der Waals surface area contributed by atoms with Crippen LogP contribution in [-0.2, 0) is 28.2 Å². The Bertz CT molecular complexity index is 2050. The van der Waals surface area contributed by atoms with Crippen molar-refractivity contribution in [2.45, 2.75) is 62.7 Å². The number of anilines is 3. The van der Waals surface area contributed by atoms with Crippen LogP contribution in [0.25, 0.3) is 0 Å². The van der Waals surface area contributed by atoms with Crippen LogP contribution < -0.4 is 16.0 Å². The maximum absolute atomic E-state index is 16.3. The SMILES string of the molecule is C[C@@H]1[C@@H]([Si](C)(C)F)[C@H](CCn2cc(C(CO)c3ccccc3)nn2)O[C@@]12C(=O)N(Cc1ccc(NC(=O)c3ccc(N)cc3)cc1)c1ccccc12. The van der Waals surface area contributed by atoms with Crippen molar-refractivity contribution in [2.75, 3.05) is 22.6 Å². The molecule has 5 atom stereocenters. The highest BCUT2D eigenvalue weighted by molar-refractivity contribution is 6.72. The Balaban J connectivity index is 1.10. The summed E-state index contributed by atoms with van der Waals surface area (Å²) < 4.78 is 24.9. The monoisotopic (exact) mass is 718 g/mol. The van der Waals surface area contributed by atoms with E-state index in [1.54, 1.807) is 46.9 Å². The molecule has 2 aliphatic heterocycles. The van der Waals surface area contributed by atoms with Gasteiger partial charge in [0.1, 0.15) is 0 Å². The standard InChI is InChI=1S/C40H43FN6O4Si/c1-26-37(52(2,3)41)36(21-22-46-24-34(44-45-46)32(25-48)28-9-5-4-6-10-28)51-40(26)33-11-7-8-12-35(33)47(39(40)50)23-27-13-19-31(20-14-27)43-38(49)29-15-17-30(42)18-16-29/h4-20,24,26,32,36-37,48H,21-23,25,42H2,1-3H3,(H,43,49)/t26-,32?,36+,37-,40+/m1/s1. The number of para-hydroxylation sites is 1. The van der Waals surface area contributed by atoms with Crippen molar-refractivity contribution < 1.29 is 23.5 Å². The van der Waals surface area contributed by atoms with E-state index in [4.69, 9.17) is 10.5 Å². The number of hydrogen-bond donors (Lipinski definition) is 3. The molecule has 1 spiro atoms. The summed E-state index contributed by atoms with van der Waals surface area (Å²) in [5, 5.41) is 21.7. The molecule has 4 aromatic carbocycles. The number of rotatable bonds is 11. The van der Waals surface area contributed by atoms with Gasteiger partial charge in [0, 0.05) is 46.7 Å². The zero-order chi connectivity index (χ0) is 36.6. The number of amides is 2. The summed E-state index contributed by atoms with van der Waals surface area (Å²) >= 11 is 0. The van der Waals surface area contributed by atoms with Gasteiger partial charge in [-0.1, -0.05) is 72.8 Å². The molecule has 52 heavy (non-hydrogen) atoms. The summed E-state index contributed by atoms with van der Waals surface area (Å²) in [7, 11) is -3.35. The number of halogens is 1. The molecule has 3 heterocycles. The Morgan fingerprint density at radius 1 is 1.02 bits per heavy atom. The zero-order valence-electron chi connectivity index (χ0n) is 29.4. The highest BCUT2D eigenvalue weighted by Crippen LogP contribution is 2.60. The molecule has 0 aliphatic carbocycles. The number of carbonyl (C=O) groups is 2. The third-order valence-corrected chi connectivity index (χ3v) is 13.0. The van der Waals surface area contributed by atoms with Crippen LogP contribution in [0.2, 0.25) is 18.6 Å². The lowest BCUT2D eigenvalue weighted by Gasteiger charge is -2.31. The first-order valence-electron chi connectivity index (χ1n) is 17.6. The first-order valence-corrected chi connectivity index (χ1v) is 20.5. The molecule has 2 amide bonds. The van der Waals surface area contributed by atoms with E-state index in [2.05, 4.69) is 15.6 Å². The number of nitrogens with one attached hydrogen (secondary N) is 1. The van der Waals surface area contributed by atoms with Crippen molar-refractivity contribution in [3.63, 3.8) is 0 Å². The van der Waals surface area contributed by atoms with Crippen molar-refractivity contribution in [3.8, 4) is 0 Å². The van der Waals surface area contributed by atoms with Crippen LogP contribution in [0.5, 0.6) is 0 Å². The summed E-state index contributed by atoms with van der Waals surface area (Å²) in [6, 6.07) is 31.4. The van der Waals surface area contributed by atoms with E-state index in [0.29, 0.717) is 35.6 Å². The van der Waals surface area contributed by atoms with Crippen LogP contribution in [0.4, 0.5) is 21.2 Å². The minimum Gasteiger partial charge on any atom is -0.399 e. The van der Waals surface area contributed by atoms with E-state index < -0.39 is 31.6 Å². The number of nitrogen functional groups attached to an aromatic ring is 1. The average molecular weight is 719 g/mol. The molecule has 1 fully saturated rings. The molecule has 10 nitrogen and oxygen atoms in total. The van der Waals surface area contributed by atoms with Crippen LogP contribution in [-0.4, -0.2) is 53.0 Å². The third kappa shape index (κ3) is 6.53. The molecule has 7 rings (SSSR count). The third-order valence-electron chi connectivity index (χ3n) is 10.5. The molecule has 12 heteroatoms. The molecular formula is C40H43FN6O4Si. The van der Waals surface area contributed by atoms with E-state index >= 15 is 4.11 Å². The fraction of sp³-hybridized carbons (Fsp3) is 0.300. The van der Waals surface area contributed by atoms with Gasteiger partial charge in [0.05, 0.1) is 36.6 Å². The second-order valence-corrected chi connectivity index (χ2v) is 18.1. The highest BCUT2D eigenvalue weighted by Gasteiger charge is 2.66. The quantitative estimate of drug-likeness (QED) is 0.0791. The number of aromatic nitrogens is 3. The van der Waals surface area contributed by atoms with E-state index in [1.807, 2.05) is 92.0 Å². The van der Waals surface area contributed by atoms with E-state index in [-0.39, 0.29) is 30.9 Å². The molecule has 0 radical (unpaired) electrons. The van der Waals surface area contributed by atoms with Gasteiger partial charge in [0.2, 0.25) is 8.41 Å². The van der Waals surface area contributed by atoms with Gasteiger partial charge < -0.3 is 29.9 Å². The van der Waals surface area contributed by atoms with Crippen molar-refractivity contribution in [2.24, 2.45) is 5.92 Å². The Hall–Kier alpha value is -5.17. The first-order chi connectivity index (χ1) is 25.0. The summed E-state index contributed by atoms with van der Waals surface area (Å²) in [5.74, 6) is -1.18. The number of benzene rings is 4. The molecule has 0 bridgehead atoms. The Kier molecular flexibility index (Phi) is 9.55. The number of nitrogens with two attached hydrogens (primary N) is 1. The van der Waals surface area contributed by atoms with Gasteiger partial charge in [-0.2, -0.15) is 0 Å². The zero-order valence-corrected chi connectivity index (χ0v) is 30.4. The second-order valence-electron chi connectivity index (χ2n) is 14.3. The molecule has 1 saturated heterocycles. The first kappa shape index (κ1) is 35.2. The Labute approximate surface area is 303 Å². The Morgan fingerprint density at radius 3 is 2.40 bits per heavy atom. The number of fused-ring (bicyclic) bond motifs is 2. The fourth-order valence-electron chi connectivity index (χ4n) is 8.04. The largest absolute Gasteiger partial charge is 0.399 e. The molecule has 0 saturated carbocycles. The fourth-order valence-corrected chi connectivity index (χ4v) is 10.6. The van der Waals surface area contributed by atoms with E-state index in [9.17, 15) is 14.7 Å². The lowest BCUT2D eigenvalue weighted by Crippen LogP contribution is -2.45. The second kappa shape index (κ2) is 14.1. The van der Waals surface area contributed by atoms with Gasteiger partial charge in [-0.15, -0.1) is 5.10 Å². The van der Waals surface area contributed by atoms with Gasteiger partial charge in [-0.3, -0.25) is 14.3 Å². The number of aliphatic hydroxyl groups excluding tert-OH is 1. The number of aryl methyl sites for hydroxylation is 1. The maximum Gasteiger partial charge on any atom is 0.264 e. The molecule has 2 aliphatic rings.